The zero-order chi connectivity index (χ0) is 13.7. The molecule has 0 fully saturated rings. The SMILES string of the molecule is O=C(N/N=C\c1ccc(F)cc1)c1cccc(F)c1. The molecule has 0 aliphatic heterocycles. The summed E-state index contributed by atoms with van der Waals surface area (Å²) < 4.78 is 25.5. The maximum Gasteiger partial charge on any atom is 0.271 e. The van der Waals surface area contributed by atoms with Gasteiger partial charge in [-0.15, -0.1) is 0 Å². The predicted octanol–water partition coefficient (Wildman–Crippen LogP) is 2.73. The van der Waals surface area contributed by atoms with Gasteiger partial charge < -0.3 is 0 Å². The fourth-order valence-electron chi connectivity index (χ4n) is 1.41. The van der Waals surface area contributed by atoms with Crippen molar-refractivity contribution in [1.82, 2.24) is 5.43 Å². The van der Waals surface area contributed by atoms with Gasteiger partial charge in [0.25, 0.3) is 5.91 Å². The molecule has 1 amide bonds. The molecule has 0 saturated carbocycles. The Hall–Kier alpha value is -2.56. The van der Waals surface area contributed by atoms with Gasteiger partial charge in [-0.25, -0.2) is 14.2 Å². The van der Waals surface area contributed by atoms with Crippen LogP contribution in [0.25, 0.3) is 0 Å². The number of amides is 1. The highest BCUT2D eigenvalue weighted by Gasteiger charge is 2.04. The molecule has 3 nitrogen and oxygen atoms in total. The summed E-state index contributed by atoms with van der Waals surface area (Å²) in [6.07, 6.45) is 1.37. The van der Waals surface area contributed by atoms with E-state index in [1.54, 1.807) is 0 Å². The van der Waals surface area contributed by atoms with Gasteiger partial charge in [-0.3, -0.25) is 4.79 Å². The highest BCUT2D eigenvalue weighted by atomic mass is 19.1. The molecule has 0 heterocycles. The lowest BCUT2D eigenvalue weighted by atomic mass is 10.2. The summed E-state index contributed by atoms with van der Waals surface area (Å²) in [7, 11) is 0. The topological polar surface area (TPSA) is 41.5 Å². The van der Waals surface area contributed by atoms with Crippen LogP contribution < -0.4 is 5.43 Å². The number of hydrogen-bond acceptors (Lipinski definition) is 2. The van der Waals surface area contributed by atoms with Gasteiger partial charge in [-0.2, -0.15) is 5.10 Å². The Morgan fingerprint density at radius 2 is 1.79 bits per heavy atom. The van der Waals surface area contributed by atoms with Crippen molar-refractivity contribution in [3.05, 3.63) is 71.3 Å². The molecule has 2 rings (SSSR count). The van der Waals surface area contributed by atoms with Gasteiger partial charge in [0.2, 0.25) is 0 Å². The van der Waals surface area contributed by atoms with E-state index in [0.717, 1.165) is 6.07 Å². The molecule has 96 valence electrons. The summed E-state index contributed by atoms with van der Waals surface area (Å²) in [6, 6.07) is 10.9. The number of rotatable bonds is 3. The van der Waals surface area contributed by atoms with E-state index in [0.29, 0.717) is 5.56 Å². The van der Waals surface area contributed by atoms with Crippen molar-refractivity contribution in [3.8, 4) is 0 Å². The van der Waals surface area contributed by atoms with E-state index >= 15 is 0 Å². The molecule has 19 heavy (non-hydrogen) atoms. The average Bonchev–Trinajstić information content (AvgIpc) is 2.41. The molecule has 0 saturated heterocycles. The zero-order valence-corrected chi connectivity index (χ0v) is 9.81. The molecular formula is C14H10F2N2O. The third-order valence-corrected chi connectivity index (χ3v) is 2.34. The van der Waals surface area contributed by atoms with Crippen molar-refractivity contribution in [2.75, 3.05) is 0 Å². The van der Waals surface area contributed by atoms with Crippen LogP contribution in [0.5, 0.6) is 0 Å². The van der Waals surface area contributed by atoms with E-state index in [2.05, 4.69) is 10.5 Å². The molecule has 0 radical (unpaired) electrons. The van der Waals surface area contributed by atoms with E-state index in [4.69, 9.17) is 0 Å². The van der Waals surface area contributed by atoms with Gasteiger partial charge in [0.05, 0.1) is 6.21 Å². The Morgan fingerprint density at radius 1 is 1.05 bits per heavy atom. The summed E-state index contributed by atoms with van der Waals surface area (Å²) in [6.45, 7) is 0. The van der Waals surface area contributed by atoms with Crippen molar-refractivity contribution >= 4 is 12.1 Å². The lowest BCUT2D eigenvalue weighted by molar-refractivity contribution is 0.0954. The smallest absolute Gasteiger partial charge is 0.267 e. The van der Waals surface area contributed by atoms with Crippen LogP contribution in [0.15, 0.2) is 53.6 Å². The van der Waals surface area contributed by atoms with Gasteiger partial charge in [0.15, 0.2) is 0 Å². The van der Waals surface area contributed by atoms with E-state index in [1.807, 2.05) is 0 Å². The molecule has 2 aromatic carbocycles. The minimum absolute atomic E-state index is 0.177. The summed E-state index contributed by atoms with van der Waals surface area (Å²) >= 11 is 0. The number of carbonyl (C=O) groups is 1. The second-order valence-electron chi connectivity index (χ2n) is 3.76. The van der Waals surface area contributed by atoms with E-state index in [-0.39, 0.29) is 11.4 Å². The molecule has 5 heteroatoms. The first kappa shape index (κ1) is 12.9. The van der Waals surface area contributed by atoms with Gasteiger partial charge >= 0.3 is 0 Å². The Labute approximate surface area is 108 Å². The number of nitrogens with zero attached hydrogens (tertiary/aromatic N) is 1. The van der Waals surface area contributed by atoms with Gasteiger partial charge in [0.1, 0.15) is 11.6 Å². The lowest BCUT2D eigenvalue weighted by Gasteiger charge is -1.99. The lowest BCUT2D eigenvalue weighted by Crippen LogP contribution is -2.17. The number of nitrogens with one attached hydrogen (secondary N) is 1. The van der Waals surface area contributed by atoms with Crippen LogP contribution in [0.4, 0.5) is 8.78 Å². The third-order valence-electron chi connectivity index (χ3n) is 2.34. The number of benzene rings is 2. The maximum atomic E-state index is 12.9. The van der Waals surface area contributed by atoms with Crippen molar-refractivity contribution < 1.29 is 13.6 Å². The average molecular weight is 260 g/mol. The van der Waals surface area contributed by atoms with Crippen LogP contribution in [0.3, 0.4) is 0 Å². The normalized spacial score (nSPS) is 10.6. The summed E-state index contributed by atoms with van der Waals surface area (Å²) in [5.41, 5.74) is 3.08. The second kappa shape index (κ2) is 5.86. The third kappa shape index (κ3) is 3.70. The van der Waals surface area contributed by atoms with E-state index < -0.39 is 11.7 Å². The van der Waals surface area contributed by atoms with Crippen molar-refractivity contribution in [1.29, 1.82) is 0 Å². The first-order chi connectivity index (χ1) is 9.15. The molecule has 2 aromatic rings. The van der Waals surface area contributed by atoms with Crippen molar-refractivity contribution in [2.45, 2.75) is 0 Å². The minimum Gasteiger partial charge on any atom is -0.267 e. The molecule has 0 spiro atoms. The first-order valence-corrected chi connectivity index (χ1v) is 5.50. The molecule has 1 N–H and O–H groups in total. The Balaban J connectivity index is 1.98. The highest BCUT2D eigenvalue weighted by Crippen LogP contribution is 2.03. The van der Waals surface area contributed by atoms with Crippen molar-refractivity contribution in [3.63, 3.8) is 0 Å². The predicted molar refractivity (Wildman–Crippen MR) is 67.9 cm³/mol. The molecule has 0 atom stereocenters. The fraction of sp³-hybridized carbons (Fsp3) is 0. The Bertz CT molecular complexity index is 609. The Morgan fingerprint density at radius 3 is 2.47 bits per heavy atom. The van der Waals surface area contributed by atoms with Crippen LogP contribution >= 0.6 is 0 Å². The quantitative estimate of drug-likeness (QED) is 0.669. The molecule has 0 unspecified atom stereocenters. The standard InChI is InChI=1S/C14H10F2N2O/c15-12-6-4-10(5-7-12)9-17-18-14(19)11-2-1-3-13(16)8-11/h1-9H,(H,18,19)/b17-9-. The molecule has 0 aliphatic carbocycles. The number of hydrazone groups is 1. The monoisotopic (exact) mass is 260 g/mol. The maximum absolute atomic E-state index is 12.9. The number of halogens is 2. The summed E-state index contributed by atoms with van der Waals surface area (Å²) in [5.74, 6) is -1.35. The van der Waals surface area contributed by atoms with Crippen LogP contribution in [0, 0.1) is 11.6 Å². The minimum atomic E-state index is -0.516. The van der Waals surface area contributed by atoms with E-state index in [1.165, 1.54) is 48.7 Å². The molecule has 0 aliphatic rings. The first-order valence-electron chi connectivity index (χ1n) is 5.50. The van der Waals surface area contributed by atoms with Crippen LogP contribution in [-0.4, -0.2) is 12.1 Å². The molecule has 0 aromatic heterocycles. The fourth-order valence-corrected chi connectivity index (χ4v) is 1.41. The van der Waals surface area contributed by atoms with Gasteiger partial charge in [0, 0.05) is 5.56 Å². The van der Waals surface area contributed by atoms with Crippen LogP contribution in [-0.2, 0) is 0 Å². The van der Waals surface area contributed by atoms with Crippen LogP contribution in [0.2, 0.25) is 0 Å². The molecule has 0 bridgehead atoms. The summed E-state index contributed by atoms with van der Waals surface area (Å²) in [4.78, 5) is 11.6. The number of hydrogen-bond donors (Lipinski definition) is 1. The number of carbonyl (C=O) groups excluding carboxylic acids is 1. The zero-order valence-electron chi connectivity index (χ0n) is 9.81. The van der Waals surface area contributed by atoms with Gasteiger partial charge in [-0.1, -0.05) is 18.2 Å². The van der Waals surface area contributed by atoms with Gasteiger partial charge in [-0.05, 0) is 35.9 Å². The second-order valence-corrected chi connectivity index (χ2v) is 3.76. The van der Waals surface area contributed by atoms with Crippen LogP contribution in [0.1, 0.15) is 15.9 Å². The Kier molecular flexibility index (Phi) is 3.97. The van der Waals surface area contributed by atoms with E-state index in [9.17, 15) is 13.6 Å². The largest absolute Gasteiger partial charge is 0.271 e. The summed E-state index contributed by atoms with van der Waals surface area (Å²) in [5, 5.41) is 3.71. The van der Waals surface area contributed by atoms with Crippen molar-refractivity contribution in [2.24, 2.45) is 5.10 Å². The highest BCUT2D eigenvalue weighted by molar-refractivity contribution is 5.94. The molecular weight excluding hydrogens is 250 g/mol.